The van der Waals surface area contributed by atoms with Crippen LogP contribution in [0.1, 0.15) is 41.8 Å². The van der Waals surface area contributed by atoms with Crippen molar-refractivity contribution in [1.29, 1.82) is 0 Å². The Morgan fingerprint density at radius 1 is 1.11 bits per heavy atom. The number of rotatable bonds is 9. The molecule has 0 saturated carbocycles. The van der Waals surface area contributed by atoms with Crippen molar-refractivity contribution in [3.8, 4) is 11.5 Å². The van der Waals surface area contributed by atoms with Crippen LogP contribution in [0.5, 0.6) is 11.5 Å². The van der Waals surface area contributed by atoms with Crippen molar-refractivity contribution in [3.63, 3.8) is 0 Å². The lowest BCUT2D eigenvalue weighted by Gasteiger charge is -2.18. The van der Waals surface area contributed by atoms with Crippen molar-refractivity contribution in [2.75, 3.05) is 18.1 Å². The van der Waals surface area contributed by atoms with E-state index >= 15 is 0 Å². The van der Waals surface area contributed by atoms with E-state index in [0.717, 1.165) is 0 Å². The molecule has 3 aromatic carbocycles. The number of ether oxygens (including phenoxy) is 3. The molecule has 3 aromatic rings. The number of alkyl halides is 2. The highest BCUT2D eigenvalue weighted by molar-refractivity contribution is 6.34. The fraction of sp³-hybridized carbons (Fsp3) is 0.308. The molecule has 0 radical (unpaired) electrons. The number of benzene rings is 3. The average Bonchev–Trinajstić information content (AvgIpc) is 3.15. The van der Waals surface area contributed by atoms with Crippen LogP contribution in [0.3, 0.4) is 0 Å². The maximum atomic E-state index is 13.6. The standard InChI is InChI=1S/C26H24ClF2NO5/c1-3-11-34-24-17-8-6-5-7-16(17)23(35-26(28)29)18-14-30(25(32)22(18)24)20-10-9-15(12-19(20)27)13-21(31)33-4-2/h5-10,12,26H,3-4,11,13-14H2,1-2H3. The molecule has 9 heteroatoms. The fourth-order valence-corrected chi connectivity index (χ4v) is 4.50. The first-order valence-electron chi connectivity index (χ1n) is 11.3. The molecule has 0 N–H and O–H groups in total. The number of fused-ring (bicyclic) bond motifs is 2. The summed E-state index contributed by atoms with van der Waals surface area (Å²) in [4.78, 5) is 26.8. The third kappa shape index (κ3) is 4.89. The van der Waals surface area contributed by atoms with E-state index in [4.69, 9.17) is 25.8 Å². The van der Waals surface area contributed by atoms with Crippen LogP contribution in [0.4, 0.5) is 14.5 Å². The predicted octanol–water partition coefficient (Wildman–Crippen LogP) is 6.15. The quantitative estimate of drug-likeness (QED) is 0.328. The highest BCUT2D eigenvalue weighted by Crippen LogP contribution is 2.47. The van der Waals surface area contributed by atoms with Crippen LogP contribution in [-0.2, 0) is 22.5 Å². The molecule has 1 heterocycles. The zero-order chi connectivity index (χ0) is 25.1. The van der Waals surface area contributed by atoms with Crippen LogP contribution in [0.25, 0.3) is 10.8 Å². The molecule has 0 atom stereocenters. The van der Waals surface area contributed by atoms with Crippen molar-refractivity contribution < 1.29 is 32.6 Å². The molecule has 0 fully saturated rings. The largest absolute Gasteiger partial charge is 0.492 e. The molecule has 0 aliphatic carbocycles. The smallest absolute Gasteiger partial charge is 0.387 e. The Morgan fingerprint density at radius 2 is 1.83 bits per heavy atom. The summed E-state index contributed by atoms with van der Waals surface area (Å²) in [6.45, 7) is 1.17. The second-order valence-electron chi connectivity index (χ2n) is 7.94. The number of esters is 1. The van der Waals surface area contributed by atoms with Crippen molar-refractivity contribution in [2.24, 2.45) is 0 Å². The highest BCUT2D eigenvalue weighted by Gasteiger charge is 2.38. The van der Waals surface area contributed by atoms with Gasteiger partial charge in [0.25, 0.3) is 5.91 Å². The van der Waals surface area contributed by atoms with E-state index in [-0.39, 0.29) is 41.9 Å². The van der Waals surface area contributed by atoms with E-state index in [1.807, 2.05) is 6.92 Å². The molecule has 4 rings (SSSR count). The van der Waals surface area contributed by atoms with Gasteiger partial charge in [-0.3, -0.25) is 9.59 Å². The molecule has 0 spiro atoms. The number of hydrogen-bond donors (Lipinski definition) is 0. The minimum Gasteiger partial charge on any atom is -0.492 e. The Bertz CT molecular complexity index is 1280. The number of nitrogens with zero attached hydrogens (tertiary/aromatic N) is 1. The first kappa shape index (κ1) is 24.7. The highest BCUT2D eigenvalue weighted by atomic mass is 35.5. The van der Waals surface area contributed by atoms with Gasteiger partial charge in [0.1, 0.15) is 11.5 Å². The van der Waals surface area contributed by atoms with Gasteiger partial charge in [-0.1, -0.05) is 48.9 Å². The lowest BCUT2D eigenvalue weighted by Crippen LogP contribution is -2.23. The van der Waals surface area contributed by atoms with Gasteiger partial charge in [-0.05, 0) is 31.0 Å². The summed E-state index contributed by atoms with van der Waals surface area (Å²) < 4.78 is 42.6. The Kier molecular flexibility index (Phi) is 7.40. The Hall–Kier alpha value is -3.39. The minimum absolute atomic E-state index is 0.0273. The average molecular weight is 504 g/mol. The first-order chi connectivity index (χ1) is 16.8. The monoisotopic (exact) mass is 503 g/mol. The van der Waals surface area contributed by atoms with Crippen LogP contribution in [0.2, 0.25) is 5.02 Å². The number of carbonyl (C=O) groups is 2. The predicted molar refractivity (Wildman–Crippen MR) is 129 cm³/mol. The van der Waals surface area contributed by atoms with Gasteiger partial charge in [0.2, 0.25) is 0 Å². The van der Waals surface area contributed by atoms with Gasteiger partial charge in [0.05, 0.1) is 42.5 Å². The van der Waals surface area contributed by atoms with Gasteiger partial charge in [-0.15, -0.1) is 0 Å². The molecular weight excluding hydrogens is 480 g/mol. The van der Waals surface area contributed by atoms with E-state index in [0.29, 0.717) is 46.4 Å². The van der Waals surface area contributed by atoms with E-state index in [2.05, 4.69) is 0 Å². The summed E-state index contributed by atoms with van der Waals surface area (Å²) >= 11 is 6.50. The lowest BCUT2D eigenvalue weighted by molar-refractivity contribution is -0.142. The molecule has 1 aliphatic heterocycles. The first-order valence-corrected chi connectivity index (χ1v) is 11.6. The van der Waals surface area contributed by atoms with Crippen LogP contribution < -0.4 is 14.4 Å². The van der Waals surface area contributed by atoms with Gasteiger partial charge in [0.15, 0.2) is 0 Å². The molecule has 0 saturated heterocycles. The maximum Gasteiger partial charge on any atom is 0.387 e. The molecule has 35 heavy (non-hydrogen) atoms. The second-order valence-corrected chi connectivity index (χ2v) is 8.35. The Balaban J connectivity index is 1.80. The van der Waals surface area contributed by atoms with Crippen LogP contribution >= 0.6 is 11.6 Å². The molecule has 6 nitrogen and oxygen atoms in total. The van der Waals surface area contributed by atoms with Gasteiger partial charge in [-0.2, -0.15) is 8.78 Å². The van der Waals surface area contributed by atoms with Crippen molar-refractivity contribution in [2.45, 2.75) is 39.8 Å². The number of carbonyl (C=O) groups excluding carboxylic acids is 2. The van der Waals surface area contributed by atoms with Crippen molar-refractivity contribution >= 4 is 39.9 Å². The van der Waals surface area contributed by atoms with E-state index < -0.39 is 12.5 Å². The van der Waals surface area contributed by atoms with E-state index in [1.54, 1.807) is 49.4 Å². The number of halogens is 3. The zero-order valence-corrected chi connectivity index (χ0v) is 20.0. The third-order valence-corrected chi connectivity index (χ3v) is 5.91. The fourth-order valence-electron chi connectivity index (χ4n) is 4.20. The number of anilines is 1. The summed E-state index contributed by atoms with van der Waals surface area (Å²) in [6.07, 6.45) is 0.735. The van der Waals surface area contributed by atoms with E-state index in [9.17, 15) is 18.4 Å². The van der Waals surface area contributed by atoms with Gasteiger partial charge >= 0.3 is 12.6 Å². The van der Waals surface area contributed by atoms with Gasteiger partial charge < -0.3 is 19.1 Å². The van der Waals surface area contributed by atoms with Gasteiger partial charge in [0, 0.05) is 16.3 Å². The molecule has 1 aliphatic rings. The zero-order valence-electron chi connectivity index (χ0n) is 19.3. The van der Waals surface area contributed by atoms with Crippen LogP contribution in [0, 0.1) is 0 Å². The summed E-state index contributed by atoms with van der Waals surface area (Å²) in [6, 6.07) is 11.7. The third-order valence-electron chi connectivity index (χ3n) is 5.61. The lowest BCUT2D eigenvalue weighted by atomic mass is 9.99. The van der Waals surface area contributed by atoms with Crippen molar-refractivity contribution in [3.05, 3.63) is 64.2 Å². The molecule has 1 amide bonds. The summed E-state index contributed by atoms with van der Waals surface area (Å²) in [5.41, 5.74) is 1.50. The van der Waals surface area contributed by atoms with Gasteiger partial charge in [-0.25, -0.2) is 0 Å². The Morgan fingerprint density at radius 3 is 2.46 bits per heavy atom. The summed E-state index contributed by atoms with van der Waals surface area (Å²) in [7, 11) is 0. The normalized spacial score (nSPS) is 12.9. The molecule has 0 unspecified atom stereocenters. The summed E-state index contributed by atoms with van der Waals surface area (Å²) in [5.74, 6) is -0.544. The van der Waals surface area contributed by atoms with Crippen LogP contribution in [-0.4, -0.2) is 31.7 Å². The topological polar surface area (TPSA) is 65.1 Å². The summed E-state index contributed by atoms with van der Waals surface area (Å²) in [5, 5.41) is 1.19. The molecule has 184 valence electrons. The molecular formula is C26H24ClF2NO5. The number of amides is 1. The molecule has 0 aromatic heterocycles. The number of hydrogen-bond acceptors (Lipinski definition) is 5. The second kappa shape index (κ2) is 10.5. The minimum atomic E-state index is -3.07. The SMILES string of the molecule is CCCOc1c2c(c(OC(F)F)c3ccccc13)CN(c1ccc(CC(=O)OCC)cc1Cl)C2=O. The van der Waals surface area contributed by atoms with Crippen LogP contribution in [0.15, 0.2) is 42.5 Å². The van der Waals surface area contributed by atoms with E-state index in [1.165, 1.54) is 4.90 Å². The van der Waals surface area contributed by atoms with Crippen molar-refractivity contribution in [1.82, 2.24) is 0 Å². The maximum absolute atomic E-state index is 13.6. The Labute approximate surface area is 206 Å². The molecule has 0 bridgehead atoms.